The Morgan fingerprint density at radius 3 is 2.90 bits per heavy atom. The normalized spacial score (nSPS) is 19.1. The summed E-state index contributed by atoms with van der Waals surface area (Å²) in [7, 11) is 1.80. The third-order valence-electron chi connectivity index (χ3n) is 3.99. The maximum atomic E-state index is 5.54. The smallest absolute Gasteiger partial charge is 0.137 e. The van der Waals surface area contributed by atoms with Crippen LogP contribution < -0.4 is 10.2 Å². The first-order chi connectivity index (χ1) is 10.2. The van der Waals surface area contributed by atoms with E-state index in [9.17, 15) is 0 Å². The summed E-state index contributed by atoms with van der Waals surface area (Å²) in [5.74, 6) is 2.44. The predicted molar refractivity (Wildman–Crippen MR) is 87.1 cm³/mol. The van der Waals surface area contributed by atoms with E-state index in [2.05, 4.69) is 41.0 Å². The van der Waals surface area contributed by atoms with Crippen molar-refractivity contribution in [1.82, 2.24) is 9.97 Å². The van der Waals surface area contributed by atoms with Gasteiger partial charge in [-0.05, 0) is 25.2 Å². The number of hydrogen-bond donors (Lipinski definition) is 1. The molecule has 1 N–H and O–H groups in total. The van der Waals surface area contributed by atoms with Crippen LogP contribution in [0.15, 0.2) is 6.33 Å². The SMILES string of the molecule is CCCNc1ncnc(N2CCCC(OC)C2)c1C(C)C. The Morgan fingerprint density at radius 2 is 2.24 bits per heavy atom. The van der Waals surface area contributed by atoms with Gasteiger partial charge >= 0.3 is 0 Å². The maximum Gasteiger partial charge on any atom is 0.137 e. The fourth-order valence-corrected chi connectivity index (χ4v) is 2.88. The van der Waals surface area contributed by atoms with Crippen LogP contribution >= 0.6 is 0 Å². The van der Waals surface area contributed by atoms with E-state index in [0.29, 0.717) is 12.0 Å². The molecule has 0 bridgehead atoms. The molecule has 1 aromatic rings. The van der Waals surface area contributed by atoms with Crippen LogP contribution in [0.2, 0.25) is 0 Å². The van der Waals surface area contributed by atoms with Gasteiger partial charge in [-0.1, -0.05) is 20.8 Å². The second-order valence-electron chi connectivity index (χ2n) is 5.99. The van der Waals surface area contributed by atoms with Crippen LogP contribution in [0.25, 0.3) is 0 Å². The van der Waals surface area contributed by atoms with Gasteiger partial charge in [0, 0.05) is 32.3 Å². The molecule has 1 aliphatic rings. The standard InChI is InChI=1S/C16H28N4O/c1-5-8-17-15-14(12(2)3)16(19-11-18-15)20-9-6-7-13(10-20)21-4/h11-13H,5-10H2,1-4H3,(H,17,18,19). The Morgan fingerprint density at radius 1 is 1.43 bits per heavy atom. The van der Waals surface area contributed by atoms with Gasteiger partial charge in [0.25, 0.3) is 0 Å². The molecule has 5 heteroatoms. The molecule has 1 atom stereocenters. The zero-order chi connectivity index (χ0) is 15.2. The Labute approximate surface area is 128 Å². The van der Waals surface area contributed by atoms with Gasteiger partial charge < -0.3 is 15.0 Å². The lowest BCUT2D eigenvalue weighted by Gasteiger charge is -2.34. The number of anilines is 2. The van der Waals surface area contributed by atoms with Gasteiger partial charge in [0.2, 0.25) is 0 Å². The summed E-state index contributed by atoms with van der Waals surface area (Å²) < 4.78 is 5.54. The fourth-order valence-electron chi connectivity index (χ4n) is 2.88. The molecule has 118 valence electrons. The molecule has 0 radical (unpaired) electrons. The number of ether oxygens (including phenoxy) is 1. The molecule has 1 aromatic heterocycles. The van der Waals surface area contributed by atoms with Crippen molar-refractivity contribution in [3.8, 4) is 0 Å². The minimum absolute atomic E-state index is 0.306. The lowest BCUT2D eigenvalue weighted by Crippen LogP contribution is -2.40. The van der Waals surface area contributed by atoms with Crippen LogP contribution in [0.4, 0.5) is 11.6 Å². The minimum Gasteiger partial charge on any atom is -0.380 e. The molecule has 5 nitrogen and oxygen atoms in total. The van der Waals surface area contributed by atoms with Crippen LogP contribution in [0.1, 0.15) is 51.5 Å². The second-order valence-corrected chi connectivity index (χ2v) is 5.99. The molecular formula is C16H28N4O. The lowest BCUT2D eigenvalue weighted by molar-refractivity contribution is 0.0891. The highest BCUT2D eigenvalue weighted by molar-refractivity contribution is 5.60. The second kappa shape index (κ2) is 7.59. The van der Waals surface area contributed by atoms with E-state index in [4.69, 9.17) is 4.74 Å². The van der Waals surface area contributed by atoms with Gasteiger partial charge in [-0.3, -0.25) is 0 Å². The van der Waals surface area contributed by atoms with Crippen LogP contribution in [0, 0.1) is 0 Å². The molecule has 0 amide bonds. The summed E-state index contributed by atoms with van der Waals surface area (Å²) in [4.78, 5) is 11.4. The first kappa shape index (κ1) is 16.0. The van der Waals surface area contributed by atoms with Gasteiger partial charge in [-0.2, -0.15) is 0 Å². The van der Waals surface area contributed by atoms with Crippen molar-refractivity contribution < 1.29 is 4.74 Å². The quantitative estimate of drug-likeness (QED) is 0.873. The third-order valence-corrected chi connectivity index (χ3v) is 3.99. The van der Waals surface area contributed by atoms with Crippen molar-refractivity contribution in [2.24, 2.45) is 0 Å². The van der Waals surface area contributed by atoms with E-state index in [1.54, 1.807) is 13.4 Å². The van der Waals surface area contributed by atoms with Gasteiger partial charge in [0.15, 0.2) is 0 Å². The van der Waals surface area contributed by atoms with Crippen molar-refractivity contribution >= 4 is 11.6 Å². The molecule has 2 rings (SSSR count). The van der Waals surface area contributed by atoms with Crippen LogP contribution in [-0.2, 0) is 4.74 Å². The van der Waals surface area contributed by atoms with E-state index in [1.807, 2.05) is 0 Å². The number of rotatable bonds is 6. The summed E-state index contributed by atoms with van der Waals surface area (Å²) in [6.07, 6.45) is 5.36. The van der Waals surface area contributed by atoms with E-state index < -0.39 is 0 Å². The Balaban J connectivity index is 2.29. The number of hydrogen-bond acceptors (Lipinski definition) is 5. The van der Waals surface area contributed by atoms with Gasteiger partial charge in [0.05, 0.1) is 6.10 Å². The number of nitrogens with zero attached hydrogens (tertiary/aromatic N) is 3. The minimum atomic E-state index is 0.306. The first-order valence-corrected chi connectivity index (χ1v) is 8.03. The van der Waals surface area contributed by atoms with Crippen LogP contribution in [0.3, 0.4) is 0 Å². The van der Waals surface area contributed by atoms with E-state index in [1.165, 1.54) is 5.56 Å². The van der Waals surface area contributed by atoms with E-state index in [-0.39, 0.29) is 0 Å². The van der Waals surface area contributed by atoms with Crippen molar-refractivity contribution in [2.45, 2.75) is 52.1 Å². The average Bonchev–Trinajstić information content (AvgIpc) is 2.52. The Bertz CT molecular complexity index is 450. The molecule has 1 unspecified atom stereocenters. The average molecular weight is 292 g/mol. The van der Waals surface area contributed by atoms with Gasteiger partial charge in [0.1, 0.15) is 18.0 Å². The van der Waals surface area contributed by atoms with E-state index >= 15 is 0 Å². The van der Waals surface area contributed by atoms with E-state index in [0.717, 1.165) is 50.5 Å². The van der Waals surface area contributed by atoms with Crippen molar-refractivity contribution in [3.05, 3.63) is 11.9 Å². The van der Waals surface area contributed by atoms with Crippen molar-refractivity contribution in [2.75, 3.05) is 37.0 Å². The zero-order valence-corrected chi connectivity index (χ0v) is 13.7. The van der Waals surface area contributed by atoms with Crippen molar-refractivity contribution in [1.29, 1.82) is 0 Å². The van der Waals surface area contributed by atoms with Gasteiger partial charge in [-0.15, -0.1) is 0 Å². The summed E-state index contributed by atoms with van der Waals surface area (Å²) >= 11 is 0. The molecule has 0 aromatic carbocycles. The maximum absolute atomic E-state index is 5.54. The highest BCUT2D eigenvalue weighted by atomic mass is 16.5. The van der Waals surface area contributed by atoms with Crippen LogP contribution in [0.5, 0.6) is 0 Å². The predicted octanol–water partition coefficient (Wildman–Crippen LogP) is 3.04. The third kappa shape index (κ3) is 3.84. The Kier molecular flexibility index (Phi) is 5.79. The molecule has 0 saturated carbocycles. The Hall–Kier alpha value is -1.36. The highest BCUT2D eigenvalue weighted by Gasteiger charge is 2.25. The number of methoxy groups -OCH3 is 1. The summed E-state index contributed by atoms with van der Waals surface area (Å²) in [6, 6.07) is 0. The fraction of sp³-hybridized carbons (Fsp3) is 0.750. The molecule has 1 aliphatic heterocycles. The summed E-state index contributed by atoms with van der Waals surface area (Å²) in [6.45, 7) is 9.48. The molecule has 0 spiro atoms. The molecule has 2 heterocycles. The summed E-state index contributed by atoms with van der Waals surface area (Å²) in [5.41, 5.74) is 1.22. The largest absolute Gasteiger partial charge is 0.380 e. The number of nitrogens with one attached hydrogen (secondary N) is 1. The molecule has 0 aliphatic carbocycles. The molecular weight excluding hydrogens is 264 g/mol. The molecule has 1 fully saturated rings. The summed E-state index contributed by atoms with van der Waals surface area (Å²) in [5, 5.41) is 3.44. The number of piperidine rings is 1. The van der Waals surface area contributed by atoms with Crippen molar-refractivity contribution in [3.63, 3.8) is 0 Å². The highest BCUT2D eigenvalue weighted by Crippen LogP contribution is 2.32. The topological polar surface area (TPSA) is 50.3 Å². The van der Waals surface area contributed by atoms with Crippen LogP contribution in [-0.4, -0.2) is 42.8 Å². The number of aromatic nitrogens is 2. The van der Waals surface area contributed by atoms with Gasteiger partial charge in [-0.25, -0.2) is 9.97 Å². The molecule has 21 heavy (non-hydrogen) atoms. The first-order valence-electron chi connectivity index (χ1n) is 8.03. The molecule has 1 saturated heterocycles. The monoisotopic (exact) mass is 292 g/mol. The zero-order valence-electron chi connectivity index (χ0n) is 13.7. The lowest BCUT2D eigenvalue weighted by atomic mass is 10.0.